The molecule has 1 N–H and O–H groups in total. The Balaban J connectivity index is 2.10. The van der Waals surface area contributed by atoms with E-state index in [4.69, 9.17) is 0 Å². The minimum atomic E-state index is -0.0340. The molecule has 92 valence electrons. The van der Waals surface area contributed by atoms with E-state index in [0.29, 0.717) is 22.2 Å². The van der Waals surface area contributed by atoms with Gasteiger partial charge in [-0.05, 0) is 60.2 Å². The lowest BCUT2D eigenvalue weighted by molar-refractivity contribution is -0.133. The van der Waals surface area contributed by atoms with Gasteiger partial charge in [-0.15, -0.1) is 0 Å². The molecule has 0 heterocycles. The SMILES string of the molecule is CC1(C)C2CCC3(C2)C1C(O)CCC3(C)C. The molecular weight excluding hydrogens is 196 g/mol. The lowest BCUT2D eigenvalue weighted by Gasteiger charge is -2.57. The van der Waals surface area contributed by atoms with Crippen LogP contribution in [0.5, 0.6) is 0 Å². The molecule has 4 atom stereocenters. The molecule has 4 unspecified atom stereocenters. The first-order chi connectivity index (χ1) is 7.31. The van der Waals surface area contributed by atoms with Gasteiger partial charge >= 0.3 is 0 Å². The summed E-state index contributed by atoms with van der Waals surface area (Å²) in [7, 11) is 0. The van der Waals surface area contributed by atoms with E-state index < -0.39 is 0 Å². The predicted octanol–water partition coefficient (Wildman–Crippen LogP) is 3.61. The van der Waals surface area contributed by atoms with Gasteiger partial charge in [0.25, 0.3) is 0 Å². The minimum Gasteiger partial charge on any atom is -0.393 e. The third kappa shape index (κ3) is 1.02. The first kappa shape index (κ1) is 11.1. The van der Waals surface area contributed by atoms with Crippen LogP contribution in [0, 0.1) is 28.1 Å². The van der Waals surface area contributed by atoms with Gasteiger partial charge in [0, 0.05) is 0 Å². The van der Waals surface area contributed by atoms with E-state index in [1.807, 2.05) is 0 Å². The summed E-state index contributed by atoms with van der Waals surface area (Å²) >= 11 is 0. The third-order valence-corrected chi connectivity index (χ3v) is 6.80. The summed E-state index contributed by atoms with van der Waals surface area (Å²) in [4.78, 5) is 0. The first-order valence-electron chi connectivity index (χ1n) is 6.99. The van der Waals surface area contributed by atoms with Crippen LogP contribution in [0.2, 0.25) is 0 Å². The summed E-state index contributed by atoms with van der Waals surface area (Å²) in [6, 6.07) is 0. The van der Waals surface area contributed by atoms with E-state index >= 15 is 0 Å². The van der Waals surface area contributed by atoms with Gasteiger partial charge < -0.3 is 5.11 Å². The fourth-order valence-electron chi connectivity index (χ4n) is 5.78. The molecule has 0 aromatic heterocycles. The van der Waals surface area contributed by atoms with Crippen molar-refractivity contribution in [2.75, 3.05) is 0 Å². The van der Waals surface area contributed by atoms with Crippen molar-refractivity contribution in [3.63, 3.8) is 0 Å². The quantitative estimate of drug-likeness (QED) is 0.664. The summed E-state index contributed by atoms with van der Waals surface area (Å²) < 4.78 is 0. The topological polar surface area (TPSA) is 20.2 Å². The van der Waals surface area contributed by atoms with Crippen LogP contribution < -0.4 is 0 Å². The molecule has 0 amide bonds. The normalized spacial score (nSPS) is 52.7. The Morgan fingerprint density at radius 1 is 1.00 bits per heavy atom. The number of aliphatic hydroxyl groups excluding tert-OH is 1. The van der Waals surface area contributed by atoms with Crippen LogP contribution in [-0.2, 0) is 0 Å². The first-order valence-corrected chi connectivity index (χ1v) is 6.99. The fourth-order valence-corrected chi connectivity index (χ4v) is 5.78. The van der Waals surface area contributed by atoms with Crippen LogP contribution in [0.4, 0.5) is 0 Å². The average Bonchev–Trinajstić information content (AvgIpc) is 2.67. The van der Waals surface area contributed by atoms with Gasteiger partial charge in [0.15, 0.2) is 0 Å². The summed E-state index contributed by atoms with van der Waals surface area (Å²) in [5, 5.41) is 10.5. The van der Waals surface area contributed by atoms with Crippen molar-refractivity contribution in [2.24, 2.45) is 28.1 Å². The van der Waals surface area contributed by atoms with Gasteiger partial charge in [0.1, 0.15) is 0 Å². The highest BCUT2D eigenvalue weighted by Crippen LogP contribution is 2.75. The van der Waals surface area contributed by atoms with Crippen LogP contribution in [0.25, 0.3) is 0 Å². The monoisotopic (exact) mass is 222 g/mol. The maximum absolute atomic E-state index is 10.5. The van der Waals surface area contributed by atoms with Crippen LogP contribution in [-0.4, -0.2) is 11.2 Å². The molecule has 1 spiro atoms. The molecule has 0 saturated heterocycles. The standard InChI is InChI=1S/C15H26O/c1-13(2)7-6-11(16)12-14(3,4)10-5-8-15(12,13)9-10/h10-12,16H,5-9H2,1-4H3. The zero-order valence-electron chi connectivity index (χ0n) is 11.2. The number of aliphatic hydroxyl groups is 1. The number of hydrogen-bond acceptors (Lipinski definition) is 1. The van der Waals surface area contributed by atoms with Crippen LogP contribution in [0.15, 0.2) is 0 Å². The molecule has 1 nitrogen and oxygen atoms in total. The zero-order valence-corrected chi connectivity index (χ0v) is 11.2. The average molecular weight is 222 g/mol. The zero-order chi connectivity index (χ0) is 11.8. The van der Waals surface area contributed by atoms with Crippen molar-refractivity contribution < 1.29 is 5.11 Å². The van der Waals surface area contributed by atoms with Gasteiger partial charge in [0.2, 0.25) is 0 Å². The van der Waals surface area contributed by atoms with Crippen LogP contribution in [0.1, 0.15) is 59.8 Å². The Kier molecular flexibility index (Phi) is 1.98. The highest BCUT2D eigenvalue weighted by molar-refractivity contribution is 5.18. The second-order valence-corrected chi connectivity index (χ2v) is 7.88. The molecule has 3 fully saturated rings. The Bertz CT molecular complexity index is 315. The van der Waals surface area contributed by atoms with Gasteiger partial charge in [-0.1, -0.05) is 27.7 Å². The predicted molar refractivity (Wildman–Crippen MR) is 66.1 cm³/mol. The van der Waals surface area contributed by atoms with Crippen molar-refractivity contribution >= 4 is 0 Å². The highest BCUT2D eigenvalue weighted by atomic mass is 16.3. The summed E-state index contributed by atoms with van der Waals surface area (Å²) in [5.74, 6) is 1.42. The molecule has 3 saturated carbocycles. The van der Waals surface area contributed by atoms with Gasteiger partial charge in [-0.25, -0.2) is 0 Å². The maximum atomic E-state index is 10.5. The Hall–Kier alpha value is -0.0400. The molecule has 3 rings (SSSR count). The fraction of sp³-hybridized carbons (Fsp3) is 1.00. The van der Waals surface area contributed by atoms with E-state index in [1.165, 1.54) is 25.7 Å². The molecule has 16 heavy (non-hydrogen) atoms. The molecule has 1 heteroatoms. The van der Waals surface area contributed by atoms with Crippen LogP contribution >= 0.6 is 0 Å². The van der Waals surface area contributed by atoms with E-state index in [9.17, 15) is 5.11 Å². The highest BCUT2D eigenvalue weighted by Gasteiger charge is 2.69. The Morgan fingerprint density at radius 2 is 1.69 bits per heavy atom. The van der Waals surface area contributed by atoms with E-state index in [0.717, 1.165) is 12.3 Å². The third-order valence-electron chi connectivity index (χ3n) is 6.80. The molecule has 0 aromatic carbocycles. The van der Waals surface area contributed by atoms with Crippen molar-refractivity contribution in [1.29, 1.82) is 0 Å². The van der Waals surface area contributed by atoms with Gasteiger partial charge in [-0.2, -0.15) is 0 Å². The molecule has 3 aliphatic rings. The molecule has 0 radical (unpaired) electrons. The molecule has 0 aliphatic heterocycles. The number of hydrogen-bond donors (Lipinski definition) is 1. The lowest BCUT2D eigenvalue weighted by atomic mass is 9.48. The van der Waals surface area contributed by atoms with Crippen molar-refractivity contribution in [3.05, 3.63) is 0 Å². The van der Waals surface area contributed by atoms with E-state index in [2.05, 4.69) is 27.7 Å². The summed E-state index contributed by atoms with van der Waals surface area (Å²) in [6.07, 6.45) is 6.36. The number of fused-ring (bicyclic) bond motifs is 1. The number of rotatable bonds is 0. The van der Waals surface area contributed by atoms with Gasteiger partial charge in [-0.3, -0.25) is 0 Å². The summed E-state index contributed by atoms with van der Waals surface area (Å²) in [5.41, 5.74) is 1.27. The van der Waals surface area contributed by atoms with Crippen molar-refractivity contribution in [2.45, 2.75) is 65.9 Å². The van der Waals surface area contributed by atoms with Gasteiger partial charge in [0.05, 0.1) is 6.10 Å². The molecular formula is C15H26O. The second kappa shape index (κ2) is 2.85. The van der Waals surface area contributed by atoms with E-state index in [-0.39, 0.29) is 6.10 Å². The van der Waals surface area contributed by atoms with Crippen LogP contribution in [0.3, 0.4) is 0 Å². The molecule has 3 aliphatic carbocycles. The smallest absolute Gasteiger partial charge is 0.0579 e. The Labute approximate surface area is 99.6 Å². The Morgan fingerprint density at radius 3 is 2.31 bits per heavy atom. The lowest BCUT2D eigenvalue weighted by Crippen LogP contribution is -2.54. The molecule has 2 bridgehead atoms. The summed E-state index contributed by atoms with van der Waals surface area (Å²) in [6.45, 7) is 9.73. The second-order valence-electron chi connectivity index (χ2n) is 7.88. The van der Waals surface area contributed by atoms with Crippen molar-refractivity contribution in [3.8, 4) is 0 Å². The molecule has 0 aromatic rings. The maximum Gasteiger partial charge on any atom is 0.0579 e. The van der Waals surface area contributed by atoms with E-state index in [1.54, 1.807) is 0 Å². The minimum absolute atomic E-state index is 0.0340. The van der Waals surface area contributed by atoms with Crippen molar-refractivity contribution in [1.82, 2.24) is 0 Å². The largest absolute Gasteiger partial charge is 0.393 e.